The Morgan fingerprint density at radius 2 is 1.95 bits per heavy atom. The van der Waals surface area contributed by atoms with Crippen LogP contribution in [0.4, 0.5) is 4.79 Å². The van der Waals surface area contributed by atoms with Gasteiger partial charge in [-0.25, -0.2) is 4.79 Å². The summed E-state index contributed by atoms with van der Waals surface area (Å²) in [5.41, 5.74) is 4.32. The molecule has 1 saturated carbocycles. The Labute approximate surface area is 120 Å². The van der Waals surface area contributed by atoms with E-state index in [9.17, 15) is 4.79 Å². The number of nitrogens with zero attached hydrogens (tertiary/aromatic N) is 2. The van der Waals surface area contributed by atoms with Gasteiger partial charge in [0.25, 0.3) is 0 Å². The maximum absolute atomic E-state index is 12.1. The van der Waals surface area contributed by atoms with E-state index < -0.39 is 5.60 Å². The molecule has 3 rings (SSSR count). The molecule has 0 aromatic rings. The van der Waals surface area contributed by atoms with Gasteiger partial charge in [0.15, 0.2) is 0 Å². The van der Waals surface area contributed by atoms with Crippen LogP contribution in [0.25, 0.3) is 0 Å². The number of fused-ring (bicyclic) bond motifs is 1. The van der Waals surface area contributed by atoms with Crippen molar-refractivity contribution in [1.82, 2.24) is 10.3 Å². The summed E-state index contributed by atoms with van der Waals surface area (Å²) >= 11 is 0. The molecule has 5 nitrogen and oxygen atoms in total. The van der Waals surface area contributed by atoms with Crippen LogP contribution in [0, 0.1) is 11.8 Å². The van der Waals surface area contributed by atoms with Crippen LogP contribution >= 0.6 is 0 Å². The van der Waals surface area contributed by atoms with Gasteiger partial charge in [0.05, 0.1) is 5.54 Å². The van der Waals surface area contributed by atoms with E-state index in [1.165, 1.54) is 5.71 Å². The Kier molecular flexibility index (Phi) is 2.99. The van der Waals surface area contributed by atoms with Crippen molar-refractivity contribution in [2.24, 2.45) is 16.9 Å². The quantitative estimate of drug-likeness (QED) is 0.740. The number of hydrazone groups is 1. The van der Waals surface area contributed by atoms with Gasteiger partial charge < -0.3 is 15.1 Å². The first-order valence-corrected chi connectivity index (χ1v) is 7.55. The van der Waals surface area contributed by atoms with Crippen LogP contribution in [-0.2, 0) is 4.74 Å². The first-order valence-electron chi connectivity index (χ1n) is 7.55. The Balaban J connectivity index is 1.58. The van der Waals surface area contributed by atoms with Gasteiger partial charge in [-0.1, -0.05) is 0 Å². The minimum Gasteiger partial charge on any atom is -0.444 e. The highest BCUT2D eigenvalue weighted by Crippen LogP contribution is 2.47. The Morgan fingerprint density at radius 3 is 2.40 bits per heavy atom. The third-order valence-corrected chi connectivity index (χ3v) is 4.61. The van der Waals surface area contributed by atoms with Crippen LogP contribution < -0.4 is 5.43 Å². The van der Waals surface area contributed by atoms with Crippen LogP contribution in [0.5, 0.6) is 0 Å². The lowest BCUT2D eigenvalue weighted by atomic mass is 9.91. The number of carbonyl (C=O) groups is 1. The van der Waals surface area contributed by atoms with E-state index in [0.29, 0.717) is 11.8 Å². The molecule has 2 fully saturated rings. The average molecular weight is 279 g/mol. The van der Waals surface area contributed by atoms with Gasteiger partial charge in [-0.2, -0.15) is 5.10 Å². The summed E-state index contributed by atoms with van der Waals surface area (Å²) in [7, 11) is 0. The standard InChI is InChI=1S/C15H25N3O2/c1-10-5-15(17-16-10)6-11-8-18(9-12(11)7-15)13(19)20-14(2,3)4/h11-12,17H,5-9H2,1-4H3. The fourth-order valence-corrected chi connectivity index (χ4v) is 3.98. The summed E-state index contributed by atoms with van der Waals surface area (Å²) in [5.74, 6) is 1.19. The molecule has 112 valence electrons. The lowest BCUT2D eigenvalue weighted by Gasteiger charge is -2.28. The molecule has 1 N–H and O–H groups in total. The molecule has 0 aromatic heterocycles. The molecule has 0 aromatic carbocycles. The number of hydrogen-bond donors (Lipinski definition) is 1. The van der Waals surface area contributed by atoms with Crippen LogP contribution in [0.15, 0.2) is 5.10 Å². The van der Waals surface area contributed by atoms with Crippen molar-refractivity contribution < 1.29 is 9.53 Å². The van der Waals surface area contributed by atoms with E-state index in [0.717, 1.165) is 32.4 Å². The molecule has 20 heavy (non-hydrogen) atoms. The zero-order chi connectivity index (χ0) is 14.5. The molecule has 1 saturated heterocycles. The van der Waals surface area contributed by atoms with Crippen molar-refractivity contribution in [2.45, 2.75) is 58.1 Å². The second-order valence-electron chi connectivity index (χ2n) is 7.73. The van der Waals surface area contributed by atoms with Crippen molar-refractivity contribution in [2.75, 3.05) is 13.1 Å². The number of hydrogen-bond acceptors (Lipinski definition) is 4. The molecule has 2 heterocycles. The monoisotopic (exact) mass is 279 g/mol. The van der Waals surface area contributed by atoms with Crippen LogP contribution in [0.2, 0.25) is 0 Å². The van der Waals surface area contributed by atoms with E-state index >= 15 is 0 Å². The maximum Gasteiger partial charge on any atom is 0.410 e. The summed E-state index contributed by atoms with van der Waals surface area (Å²) in [6.45, 7) is 9.51. The van der Waals surface area contributed by atoms with Gasteiger partial charge in [0.1, 0.15) is 5.60 Å². The van der Waals surface area contributed by atoms with Gasteiger partial charge in [-0.05, 0) is 52.4 Å². The van der Waals surface area contributed by atoms with Crippen LogP contribution in [-0.4, -0.2) is 40.9 Å². The molecule has 2 atom stereocenters. The minimum absolute atomic E-state index is 0.159. The largest absolute Gasteiger partial charge is 0.444 e. The zero-order valence-electron chi connectivity index (χ0n) is 12.9. The van der Waals surface area contributed by atoms with Crippen molar-refractivity contribution in [3.8, 4) is 0 Å². The van der Waals surface area contributed by atoms with E-state index in [-0.39, 0.29) is 11.6 Å². The highest BCUT2D eigenvalue weighted by atomic mass is 16.6. The zero-order valence-corrected chi connectivity index (χ0v) is 12.9. The molecule has 1 amide bonds. The highest BCUT2D eigenvalue weighted by Gasteiger charge is 2.51. The predicted molar refractivity (Wildman–Crippen MR) is 77.6 cm³/mol. The number of rotatable bonds is 0. The highest BCUT2D eigenvalue weighted by molar-refractivity contribution is 5.84. The molecule has 3 aliphatic rings. The first-order chi connectivity index (χ1) is 9.26. The fraction of sp³-hybridized carbons (Fsp3) is 0.867. The fourth-order valence-electron chi connectivity index (χ4n) is 3.98. The minimum atomic E-state index is -0.409. The summed E-state index contributed by atoms with van der Waals surface area (Å²) in [4.78, 5) is 14.0. The Hall–Kier alpha value is -1.26. The van der Waals surface area contributed by atoms with Crippen LogP contribution in [0.3, 0.4) is 0 Å². The van der Waals surface area contributed by atoms with Crippen molar-refractivity contribution >= 4 is 11.8 Å². The average Bonchev–Trinajstić information content (AvgIpc) is 2.90. The van der Waals surface area contributed by atoms with E-state index in [1.807, 2.05) is 25.7 Å². The van der Waals surface area contributed by atoms with Gasteiger partial charge in [-0.15, -0.1) is 0 Å². The second kappa shape index (κ2) is 4.37. The van der Waals surface area contributed by atoms with E-state index in [1.54, 1.807) is 0 Å². The smallest absolute Gasteiger partial charge is 0.410 e. The number of likely N-dealkylation sites (tertiary alicyclic amines) is 1. The number of amides is 1. The molecular weight excluding hydrogens is 254 g/mol. The summed E-state index contributed by atoms with van der Waals surface area (Å²) < 4.78 is 5.47. The molecule has 1 aliphatic carbocycles. The molecular formula is C15H25N3O2. The molecule has 0 bridgehead atoms. The normalized spacial score (nSPS) is 36.0. The molecule has 0 radical (unpaired) electrons. The number of carbonyl (C=O) groups excluding carboxylic acids is 1. The van der Waals surface area contributed by atoms with Crippen molar-refractivity contribution in [3.63, 3.8) is 0 Å². The molecule has 2 unspecified atom stereocenters. The Bertz CT molecular complexity index is 439. The predicted octanol–water partition coefficient (Wildman–Crippen LogP) is 2.37. The van der Waals surface area contributed by atoms with E-state index in [2.05, 4.69) is 17.5 Å². The summed E-state index contributed by atoms with van der Waals surface area (Å²) in [6.07, 6.45) is 3.15. The molecule has 1 spiro atoms. The Morgan fingerprint density at radius 1 is 1.35 bits per heavy atom. The third-order valence-electron chi connectivity index (χ3n) is 4.61. The number of nitrogens with one attached hydrogen (secondary N) is 1. The maximum atomic E-state index is 12.1. The topological polar surface area (TPSA) is 53.9 Å². The third kappa shape index (κ3) is 2.50. The van der Waals surface area contributed by atoms with E-state index in [4.69, 9.17) is 4.74 Å². The van der Waals surface area contributed by atoms with Gasteiger partial charge in [-0.3, -0.25) is 0 Å². The first kappa shape index (κ1) is 13.7. The van der Waals surface area contributed by atoms with Gasteiger partial charge in [0, 0.05) is 25.2 Å². The van der Waals surface area contributed by atoms with Crippen molar-refractivity contribution in [3.05, 3.63) is 0 Å². The summed E-state index contributed by atoms with van der Waals surface area (Å²) in [6, 6.07) is 0. The van der Waals surface area contributed by atoms with Gasteiger partial charge in [0.2, 0.25) is 0 Å². The van der Waals surface area contributed by atoms with Gasteiger partial charge >= 0.3 is 6.09 Å². The molecule has 2 aliphatic heterocycles. The summed E-state index contributed by atoms with van der Waals surface area (Å²) in [5, 5.41) is 4.36. The second-order valence-corrected chi connectivity index (χ2v) is 7.73. The van der Waals surface area contributed by atoms with Crippen LogP contribution in [0.1, 0.15) is 47.0 Å². The molecule has 5 heteroatoms. The number of ether oxygens (including phenoxy) is 1. The lowest BCUT2D eigenvalue weighted by molar-refractivity contribution is 0.0275. The lowest BCUT2D eigenvalue weighted by Crippen LogP contribution is -2.40. The SMILES string of the molecule is CC1=NNC2(C1)CC1CN(C(=O)OC(C)(C)C)CC1C2. The van der Waals surface area contributed by atoms with Crippen molar-refractivity contribution in [1.29, 1.82) is 0 Å².